The molecule has 2 heteroatoms. The third-order valence-electron chi connectivity index (χ3n) is 2.99. The van der Waals surface area contributed by atoms with E-state index in [0.717, 1.165) is 30.6 Å². The molecule has 0 heterocycles. The average Bonchev–Trinajstić information content (AvgIpc) is 2.30. The van der Waals surface area contributed by atoms with E-state index in [1.807, 2.05) is 26.0 Å². The molecule has 0 unspecified atom stereocenters. The second-order valence-corrected chi connectivity index (χ2v) is 4.75. The SMILES string of the molecule is CCCNCCCCc1cc(C)c(F)c(C)c1. The van der Waals surface area contributed by atoms with Crippen LogP contribution < -0.4 is 5.32 Å². The van der Waals surface area contributed by atoms with E-state index in [9.17, 15) is 4.39 Å². The third kappa shape index (κ3) is 4.86. The monoisotopic (exact) mass is 237 g/mol. The van der Waals surface area contributed by atoms with Gasteiger partial charge in [-0.25, -0.2) is 4.39 Å². The van der Waals surface area contributed by atoms with E-state index in [1.165, 1.54) is 24.8 Å². The molecule has 1 aromatic rings. The number of aryl methyl sites for hydroxylation is 3. The minimum atomic E-state index is -0.0571. The van der Waals surface area contributed by atoms with Crippen LogP contribution in [0.4, 0.5) is 4.39 Å². The highest BCUT2D eigenvalue weighted by Crippen LogP contribution is 2.16. The Morgan fingerprint density at radius 2 is 1.71 bits per heavy atom. The molecule has 0 radical (unpaired) electrons. The fraction of sp³-hybridized carbons (Fsp3) is 0.600. The zero-order chi connectivity index (χ0) is 12.7. The number of unbranched alkanes of at least 4 members (excludes halogenated alkanes) is 1. The van der Waals surface area contributed by atoms with Crippen LogP contribution in [0.3, 0.4) is 0 Å². The molecule has 0 fully saturated rings. The lowest BCUT2D eigenvalue weighted by Gasteiger charge is -2.07. The molecule has 0 bridgehead atoms. The van der Waals surface area contributed by atoms with Gasteiger partial charge in [0.25, 0.3) is 0 Å². The van der Waals surface area contributed by atoms with Gasteiger partial charge in [0.15, 0.2) is 0 Å². The van der Waals surface area contributed by atoms with Crippen LogP contribution >= 0.6 is 0 Å². The van der Waals surface area contributed by atoms with Crippen molar-refractivity contribution in [3.63, 3.8) is 0 Å². The van der Waals surface area contributed by atoms with Crippen LogP contribution in [0.15, 0.2) is 12.1 Å². The molecule has 1 rings (SSSR count). The van der Waals surface area contributed by atoms with Gasteiger partial charge in [-0.3, -0.25) is 0 Å². The molecule has 1 aromatic carbocycles. The minimum Gasteiger partial charge on any atom is -0.317 e. The molecule has 17 heavy (non-hydrogen) atoms. The van der Waals surface area contributed by atoms with Crippen molar-refractivity contribution in [1.29, 1.82) is 0 Å². The van der Waals surface area contributed by atoms with Gasteiger partial charge in [0.05, 0.1) is 0 Å². The van der Waals surface area contributed by atoms with Gasteiger partial charge in [0.2, 0.25) is 0 Å². The number of hydrogen-bond acceptors (Lipinski definition) is 1. The topological polar surface area (TPSA) is 12.0 Å². The van der Waals surface area contributed by atoms with Gasteiger partial charge in [-0.05, 0) is 69.3 Å². The molecule has 96 valence electrons. The normalized spacial score (nSPS) is 10.8. The van der Waals surface area contributed by atoms with Crippen molar-refractivity contribution in [3.8, 4) is 0 Å². The molecule has 0 atom stereocenters. The quantitative estimate of drug-likeness (QED) is 0.712. The molecule has 0 saturated carbocycles. The highest BCUT2D eigenvalue weighted by Gasteiger charge is 2.03. The lowest BCUT2D eigenvalue weighted by Crippen LogP contribution is -2.15. The van der Waals surface area contributed by atoms with Crippen LogP contribution in [0.2, 0.25) is 0 Å². The first-order valence-corrected chi connectivity index (χ1v) is 6.61. The van der Waals surface area contributed by atoms with Crippen molar-refractivity contribution in [3.05, 3.63) is 34.6 Å². The Hall–Kier alpha value is -0.890. The second kappa shape index (κ2) is 7.44. The Balaban J connectivity index is 2.32. The smallest absolute Gasteiger partial charge is 0.129 e. The van der Waals surface area contributed by atoms with Crippen LogP contribution in [0.5, 0.6) is 0 Å². The lowest BCUT2D eigenvalue weighted by molar-refractivity contribution is 0.603. The summed E-state index contributed by atoms with van der Waals surface area (Å²) in [5.41, 5.74) is 2.80. The second-order valence-electron chi connectivity index (χ2n) is 4.75. The van der Waals surface area contributed by atoms with Crippen molar-refractivity contribution < 1.29 is 4.39 Å². The maximum atomic E-state index is 13.4. The summed E-state index contributed by atoms with van der Waals surface area (Å²) in [5.74, 6) is -0.0571. The molecular formula is C15H24FN. The average molecular weight is 237 g/mol. The summed E-state index contributed by atoms with van der Waals surface area (Å²) in [7, 11) is 0. The number of hydrogen-bond donors (Lipinski definition) is 1. The first kappa shape index (κ1) is 14.2. The van der Waals surface area contributed by atoms with Crippen LogP contribution in [-0.4, -0.2) is 13.1 Å². The molecule has 1 N–H and O–H groups in total. The van der Waals surface area contributed by atoms with Crippen molar-refractivity contribution in [2.75, 3.05) is 13.1 Å². The van der Waals surface area contributed by atoms with E-state index in [4.69, 9.17) is 0 Å². The van der Waals surface area contributed by atoms with Gasteiger partial charge in [0, 0.05) is 0 Å². The first-order chi connectivity index (χ1) is 8.15. The van der Waals surface area contributed by atoms with E-state index >= 15 is 0 Å². The molecule has 0 aliphatic heterocycles. The van der Waals surface area contributed by atoms with Crippen LogP contribution in [-0.2, 0) is 6.42 Å². The zero-order valence-electron chi connectivity index (χ0n) is 11.3. The highest BCUT2D eigenvalue weighted by atomic mass is 19.1. The molecular weight excluding hydrogens is 213 g/mol. The van der Waals surface area contributed by atoms with Crippen LogP contribution in [0.25, 0.3) is 0 Å². The van der Waals surface area contributed by atoms with E-state index in [0.29, 0.717) is 0 Å². The van der Waals surface area contributed by atoms with E-state index in [-0.39, 0.29) is 5.82 Å². The summed E-state index contributed by atoms with van der Waals surface area (Å²) in [6, 6.07) is 3.95. The Morgan fingerprint density at radius 1 is 1.06 bits per heavy atom. The molecule has 0 spiro atoms. The van der Waals surface area contributed by atoms with Gasteiger partial charge in [-0.2, -0.15) is 0 Å². The molecule has 0 amide bonds. The predicted octanol–water partition coefficient (Wildman–Crippen LogP) is 3.76. The van der Waals surface area contributed by atoms with Crippen molar-refractivity contribution in [2.45, 2.75) is 46.5 Å². The minimum absolute atomic E-state index is 0.0571. The third-order valence-corrected chi connectivity index (χ3v) is 2.99. The summed E-state index contributed by atoms with van der Waals surface area (Å²) in [4.78, 5) is 0. The van der Waals surface area contributed by atoms with E-state index in [2.05, 4.69) is 12.2 Å². The van der Waals surface area contributed by atoms with Crippen LogP contribution in [0.1, 0.15) is 42.9 Å². The predicted molar refractivity (Wildman–Crippen MR) is 72.0 cm³/mol. The Labute approximate surface area is 104 Å². The maximum absolute atomic E-state index is 13.4. The highest BCUT2D eigenvalue weighted by molar-refractivity contribution is 5.30. The molecule has 1 nitrogen and oxygen atoms in total. The van der Waals surface area contributed by atoms with Gasteiger partial charge in [-0.1, -0.05) is 19.1 Å². The molecule has 0 saturated heterocycles. The van der Waals surface area contributed by atoms with Gasteiger partial charge in [0.1, 0.15) is 5.82 Å². The fourth-order valence-electron chi connectivity index (χ4n) is 2.06. The first-order valence-electron chi connectivity index (χ1n) is 6.61. The zero-order valence-corrected chi connectivity index (χ0v) is 11.3. The van der Waals surface area contributed by atoms with Gasteiger partial charge >= 0.3 is 0 Å². The summed E-state index contributed by atoms with van der Waals surface area (Å²) in [5, 5.41) is 3.39. The number of benzene rings is 1. The Bertz CT molecular complexity index is 324. The molecule has 0 aliphatic rings. The maximum Gasteiger partial charge on any atom is 0.129 e. The fourth-order valence-corrected chi connectivity index (χ4v) is 2.06. The standard InChI is InChI=1S/C15H24FN/c1-4-8-17-9-6-5-7-14-10-12(2)15(16)13(3)11-14/h10-11,17H,4-9H2,1-3H3. The Morgan fingerprint density at radius 3 is 2.29 bits per heavy atom. The molecule has 0 aromatic heterocycles. The summed E-state index contributed by atoms with van der Waals surface area (Å²) in [6.45, 7) is 8.06. The number of nitrogens with one attached hydrogen (secondary N) is 1. The number of rotatable bonds is 7. The van der Waals surface area contributed by atoms with Crippen molar-refractivity contribution in [2.24, 2.45) is 0 Å². The number of halogens is 1. The lowest BCUT2D eigenvalue weighted by atomic mass is 10.0. The molecule has 0 aliphatic carbocycles. The van der Waals surface area contributed by atoms with Crippen molar-refractivity contribution >= 4 is 0 Å². The largest absolute Gasteiger partial charge is 0.317 e. The summed E-state index contributed by atoms with van der Waals surface area (Å²) >= 11 is 0. The van der Waals surface area contributed by atoms with Gasteiger partial charge in [-0.15, -0.1) is 0 Å². The summed E-state index contributed by atoms with van der Waals surface area (Å²) in [6.07, 6.45) is 4.60. The van der Waals surface area contributed by atoms with Crippen molar-refractivity contribution in [1.82, 2.24) is 5.32 Å². The van der Waals surface area contributed by atoms with Crippen LogP contribution in [0, 0.1) is 19.7 Å². The summed E-state index contributed by atoms with van der Waals surface area (Å²) < 4.78 is 13.4. The van der Waals surface area contributed by atoms with E-state index in [1.54, 1.807) is 0 Å². The van der Waals surface area contributed by atoms with E-state index < -0.39 is 0 Å². The van der Waals surface area contributed by atoms with Gasteiger partial charge < -0.3 is 5.32 Å². The Kier molecular flexibility index (Phi) is 6.20.